The second-order valence-corrected chi connectivity index (χ2v) is 6.10. The van der Waals surface area contributed by atoms with E-state index in [1.54, 1.807) is 7.11 Å². The average Bonchev–Trinajstić information content (AvgIpc) is 2.74. The highest BCUT2D eigenvalue weighted by Crippen LogP contribution is 2.64. The molecule has 1 saturated carbocycles. The molecule has 1 aromatic carbocycles. The second-order valence-electron chi connectivity index (χ2n) is 5.28. The van der Waals surface area contributed by atoms with Crippen molar-refractivity contribution >= 4 is 23.2 Å². The fourth-order valence-electron chi connectivity index (χ4n) is 3.65. The lowest BCUT2D eigenvalue weighted by atomic mass is 9.87. The zero-order chi connectivity index (χ0) is 12.8. The highest BCUT2D eigenvalue weighted by molar-refractivity contribution is 6.42. The van der Waals surface area contributed by atoms with Crippen LogP contribution in [0.15, 0.2) is 18.2 Å². The van der Waals surface area contributed by atoms with Gasteiger partial charge in [0.1, 0.15) is 0 Å². The van der Waals surface area contributed by atoms with Crippen molar-refractivity contribution < 1.29 is 4.74 Å². The van der Waals surface area contributed by atoms with E-state index in [-0.39, 0.29) is 5.41 Å². The lowest BCUT2D eigenvalue weighted by Gasteiger charge is -2.22. The minimum Gasteiger partial charge on any atom is -0.385 e. The van der Waals surface area contributed by atoms with Gasteiger partial charge in [0.15, 0.2) is 0 Å². The number of piperidine rings is 1. The molecule has 2 aliphatic rings. The highest BCUT2D eigenvalue weighted by atomic mass is 35.5. The summed E-state index contributed by atoms with van der Waals surface area (Å²) in [6, 6.07) is 6.08. The van der Waals surface area contributed by atoms with E-state index in [2.05, 4.69) is 11.4 Å². The van der Waals surface area contributed by atoms with Gasteiger partial charge in [-0.2, -0.15) is 0 Å². The number of methoxy groups -OCH3 is 1. The van der Waals surface area contributed by atoms with E-state index in [4.69, 9.17) is 27.9 Å². The van der Waals surface area contributed by atoms with Crippen molar-refractivity contribution in [3.63, 3.8) is 0 Å². The highest BCUT2D eigenvalue weighted by Gasteiger charge is 2.66. The van der Waals surface area contributed by atoms with Crippen LogP contribution in [0.1, 0.15) is 12.0 Å². The van der Waals surface area contributed by atoms with Gasteiger partial charge in [0, 0.05) is 19.1 Å². The summed E-state index contributed by atoms with van der Waals surface area (Å²) in [5, 5.41) is 4.74. The minimum atomic E-state index is 0.259. The Kier molecular flexibility index (Phi) is 3.31. The van der Waals surface area contributed by atoms with Gasteiger partial charge >= 0.3 is 0 Å². The molecule has 18 heavy (non-hydrogen) atoms. The molecular formula is C14H17Cl2NO. The first-order chi connectivity index (χ1) is 8.70. The Hall–Kier alpha value is -0.280. The fraction of sp³-hybridized carbons (Fsp3) is 0.571. The number of fused-ring (bicyclic) bond motifs is 1. The fourth-order valence-corrected chi connectivity index (χ4v) is 3.95. The molecule has 2 nitrogen and oxygen atoms in total. The van der Waals surface area contributed by atoms with Crippen LogP contribution in [0.2, 0.25) is 10.0 Å². The first kappa shape index (κ1) is 12.7. The molecule has 0 bridgehead atoms. The molecule has 1 saturated heterocycles. The maximum atomic E-state index is 6.16. The molecule has 1 aliphatic heterocycles. The number of ether oxygens (including phenoxy) is 1. The molecule has 0 amide bonds. The van der Waals surface area contributed by atoms with Crippen LogP contribution in [0.4, 0.5) is 0 Å². The van der Waals surface area contributed by atoms with E-state index >= 15 is 0 Å². The standard InChI is InChI=1S/C14H17Cl2NO/c1-18-5-4-14(10-7-17-8-11(10)14)9-2-3-12(15)13(16)6-9/h2-3,6,10-11,17H,4-5,7-8H2,1H3/t10-,11?,14-/m0/s1. The number of hydrogen-bond donors (Lipinski definition) is 1. The van der Waals surface area contributed by atoms with Crippen LogP contribution in [-0.4, -0.2) is 26.8 Å². The van der Waals surface area contributed by atoms with E-state index in [9.17, 15) is 0 Å². The normalized spacial score (nSPS) is 33.5. The van der Waals surface area contributed by atoms with Gasteiger partial charge in [-0.3, -0.25) is 0 Å². The Bertz CT molecular complexity index is 453. The Morgan fingerprint density at radius 2 is 2.00 bits per heavy atom. The van der Waals surface area contributed by atoms with E-state index in [1.807, 2.05) is 12.1 Å². The summed E-state index contributed by atoms with van der Waals surface area (Å²) in [6.07, 6.45) is 1.07. The van der Waals surface area contributed by atoms with E-state index in [0.29, 0.717) is 10.0 Å². The van der Waals surface area contributed by atoms with Crippen molar-refractivity contribution in [1.29, 1.82) is 0 Å². The van der Waals surface area contributed by atoms with E-state index < -0.39 is 0 Å². The van der Waals surface area contributed by atoms with Crippen molar-refractivity contribution in [2.24, 2.45) is 11.8 Å². The van der Waals surface area contributed by atoms with Gasteiger partial charge in [-0.15, -0.1) is 0 Å². The molecular weight excluding hydrogens is 269 g/mol. The van der Waals surface area contributed by atoms with Crippen LogP contribution < -0.4 is 5.32 Å². The van der Waals surface area contributed by atoms with Crippen LogP contribution >= 0.6 is 23.2 Å². The summed E-state index contributed by atoms with van der Waals surface area (Å²) in [5.41, 5.74) is 1.58. The molecule has 3 rings (SSSR count). The molecule has 0 radical (unpaired) electrons. The summed E-state index contributed by atoms with van der Waals surface area (Å²) >= 11 is 12.2. The third-order valence-electron chi connectivity index (χ3n) is 4.61. The second kappa shape index (κ2) is 4.68. The summed E-state index contributed by atoms with van der Waals surface area (Å²) in [7, 11) is 1.76. The molecule has 1 heterocycles. The lowest BCUT2D eigenvalue weighted by molar-refractivity contribution is 0.179. The minimum absolute atomic E-state index is 0.259. The van der Waals surface area contributed by atoms with Gasteiger partial charge < -0.3 is 10.1 Å². The predicted octanol–water partition coefficient (Wildman–Crippen LogP) is 3.12. The summed E-state index contributed by atoms with van der Waals surface area (Å²) in [6.45, 7) is 3.01. The molecule has 1 aromatic rings. The Balaban J connectivity index is 1.92. The van der Waals surface area contributed by atoms with Gasteiger partial charge in [-0.1, -0.05) is 29.3 Å². The van der Waals surface area contributed by atoms with Crippen molar-refractivity contribution in [2.45, 2.75) is 11.8 Å². The number of benzene rings is 1. The van der Waals surface area contributed by atoms with Gasteiger partial charge in [0.25, 0.3) is 0 Å². The largest absolute Gasteiger partial charge is 0.385 e. The topological polar surface area (TPSA) is 21.3 Å². The Labute approximate surface area is 118 Å². The first-order valence-corrected chi connectivity index (χ1v) is 7.11. The lowest BCUT2D eigenvalue weighted by Crippen LogP contribution is -2.26. The predicted molar refractivity (Wildman–Crippen MR) is 74.5 cm³/mol. The third kappa shape index (κ3) is 1.78. The summed E-state index contributed by atoms with van der Waals surface area (Å²) in [5.74, 6) is 1.45. The van der Waals surface area contributed by atoms with Gasteiger partial charge in [-0.05, 0) is 49.0 Å². The quantitative estimate of drug-likeness (QED) is 0.918. The number of halogens is 2. The molecule has 1 unspecified atom stereocenters. The smallest absolute Gasteiger partial charge is 0.0595 e. The van der Waals surface area contributed by atoms with Crippen LogP contribution in [0, 0.1) is 11.8 Å². The van der Waals surface area contributed by atoms with Gasteiger partial charge in [-0.25, -0.2) is 0 Å². The molecule has 0 aromatic heterocycles. The number of hydrogen-bond acceptors (Lipinski definition) is 2. The van der Waals surface area contributed by atoms with Crippen molar-refractivity contribution in [1.82, 2.24) is 5.32 Å². The SMILES string of the molecule is COCC[C@@]1(c2ccc(Cl)c(Cl)c2)C2CNC[C@@H]21. The number of nitrogens with one attached hydrogen (secondary N) is 1. The van der Waals surface area contributed by atoms with Crippen LogP contribution in [0.25, 0.3) is 0 Å². The van der Waals surface area contributed by atoms with Crippen LogP contribution in [0.3, 0.4) is 0 Å². The van der Waals surface area contributed by atoms with Crippen molar-refractivity contribution in [3.8, 4) is 0 Å². The number of rotatable bonds is 4. The van der Waals surface area contributed by atoms with Crippen LogP contribution in [0.5, 0.6) is 0 Å². The molecule has 0 spiro atoms. The molecule has 98 valence electrons. The van der Waals surface area contributed by atoms with E-state index in [1.165, 1.54) is 5.56 Å². The Morgan fingerprint density at radius 3 is 2.61 bits per heavy atom. The van der Waals surface area contributed by atoms with Gasteiger partial charge in [0.05, 0.1) is 10.0 Å². The molecule has 3 atom stereocenters. The molecule has 1 N–H and O–H groups in total. The summed E-state index contributed by atoms with van der Waals surface area (Å²) in [4.78, 5) is 0. The van der Waals surface area contributed by atoms with Crippen molar-refractivity contribution in [3.05, 3.63) is 33.8 Å². The average molecular weight is 286 g/mol. The maximum absolute atomic E-state index is 6.16. The first-order valence-electron chi connectivity index (χ1n) is 6.35. The zero-order valence-corrected chi connectivity index (χ0v) is 11.9. The maximum Gasteiger partial charge on any atom is 0.0595 e. The monoisotopic (exact) mass is 285 g/mol. The summed E-state index contributed by atoms with van der Waals surface area (Å²) < 4.78 is 5.28. The third-order valence-corrected chi connectivity index (χ3v) is 5.34. The molecule has 4 heteroatoms. The van der Waals surface area contributed by atoms with Crippen LogP contribution in [-0.2, 0) is 10.2 Å². The zero-order valence-electron chi connectivity index (χ0n) is 10.4. The van der Waals surface area contributed by atoms with Crippen molar-refractivity contribution in [2.75, 3.05) is 26.8 Å². The van der Waals surface area contributed by atoms with Gasteiger partial charge in [0.2, 0.25) is 0 Å². The molecule has 1 aliphatic carbocycles. The Morgan fingerprint density at radius 1 is 1.28 bits per heavy atom. The molecule has 2 fully saturated rings. The van der Waals surface area contributed by atoms with E-state index in [0.717, 1.165) is 38.0 Å².